The van der Waals surface area contributed by atoms with Crippen molar-refractivity contribution < 1.29 is 38.8 Å². The first-order valence-corrected chi connectivity index (χ1v) is 16.2. The van der Waals surface area contributed by atoms with Crippen molar-refractivity contribution >= 4 is 31.2 Å². The minimum Gasteiger partial charge on any atom is -0.303 e. The average Bonchev–Trinajstić information content (AvgIpc) is 3.34. The zero-order chi connectivity index (χ0) is 30.3. The van der Waals surface area contributed by atoms with E-state index in [9.17, 15) is 43.6 Å². The van der Waals surface area contributed by atoms with Crippen LogP contribution in [0.5, 0.6) is 0 Å². The van der Waals surface area contributed by atoms with Gasteiger partial charge in [0, 0.05) is 34.9 Å². The van der Waals surface area contributed by atoms with Crippen LogP contribution < -0.4 is 10.3 Å². The Morgan fingerprint density at radius 3 is 2.07 bits per heavy atom. The maximum Gasteiger partial charge on any atom is 0.417 e. The van der Waals surface area contributed by atoms with Crippen LogP contribution in [-0.2, 0) is 39.1 Å². The molecular formula is C26H21F5N2O5S3. The van der Waals surface area contributed by atoms with Gasteiger partial charge in [0.05, 0.1) is 33.8 Å². The normalized spacial score (nSPS) is 12.6. The summed E-state index contributed by atoms with van der Waals surface area (Å²) in [5.41, 5.74) is -3.37. The Bertz CT molecular complexity index is 1900. The van der Waals surface area contributed by atoms with Crippen molar-refractivity contribution in [1.82, 2.24) is 9.29 Å². The molecule has 15 heteroatoms. The van der Waals surface area contributed by atoms with Crippen molar-refractivity contribution in [2.24, 2.45) is 0 Å². The first-order chi connectivity index (χ1) is 18.9. The Morgan fingerprint density at radius 1 is 0.878 bits per heavy atom. The molecule has 7 nitrogen and oxygen atoms in total. The second-order valence-corrected chi connectivity index (χ2v) is 14.0. The molecule has 0 amide bonds. The Labute approximate surface area is 235 Å². The first kappa shape index (κ1) is 30.6. The third-order valence-corrected chi connectivity index (χ3v) is 8.94. The predicted octanol–water partition coefficient (Wildman–Crippen LogP) is 5.04. The van der Waals surface area contributed by atoms with Gasteiger partial charge in [-0.1, -0.05) is 18.2 Å². The third-order valence-electron chi connectivity index (χ3n) is 5.99. The molecule has 2 aromatic carbocycles. The van der Waals surface area contributed by atoms with E-state index < -0.39 is 67.4 Å². The number of pyridine rings is 1. The fourth-order valence-corrected chi connectivity index (χ4v) is 6.07. The fourth-order valence-electron chi connectivity index (χ4n) is 3.99. The van der Waals surface area contributed by atoms with Crippen molar-refractivity contribution in [2.45, 2.75) is 24.2 Å². The number of hydrogen-bond donors (Lipinski definition) is 1. The summed E-state index contributed by atoms with van der Waals surface area (Å²) >= 11 is 0.994. The minimum absolute atomic E-state index is 0.0707. The summed E-state index contributed by atoms with van der Waals surface area (Å²) in [6.07, 6.45) is -3.29. The number of benzene rings is 2. The maximum absolute atomic E-state index is 14.6. The van der Waals surface area contributed by atoms with Crippen molar-refractivity contribution in [3.8, 4) is 21.0 Å². The molecular weight excluding hydrogens is 611 g/mol. The van der Waals surface area contributed by atoms with Crippen LogP contribution >= 0.6 is 11.3 Å². The second kappa shape index (κ2) is 11.1. The van der Waals surface area contributed by atoms with Gasteiger partial charge in [0.25, 0.3) is 5.56 Å². The summed E-state index contributed by atoms with van der Waals surface area (Å²) < 4.78 is 120. The molecule has 0 fully saturated rings. The maximum atomic E-state index is 14.6. The average molecular weight is 633 g/mol. The lowest BCUT2D eigenvalue weighted by Crippen LogP contribution is -2.34. The van der Waals surface area contributed by atoms with Crippen LogP contribution in [0.2, 0.25) is 0 Å². The minimum atomic E-state index is -5.05. The van der Waals surface area contributed by atoms with Gasteiger partial charge in [-0.15, -0.1) is 11.3 Å². The zero-order valence-electron chi connectivity index (χ0n) is 21.3. The highest BCUT2D eigenvalue weighted by atomic mass is 32.2. The Kier molecular flexibility index (Phi) is 8.28. The van der Waals surface area contributed by atoms with E-state index in [2.05, 4.69) is 0 Å². The molecule has 2 aromatic heterocycles. The molecule has 0 unspecified atom stereocenters. The standard InChI is InChI=1S/C26H21F5N2O5S3/c1-40(35,36)18-7-4-15(5-8-18)23-9-10-24(39-23)22-12-20(26(29,30)31)19(13-32-41(2,37)38)25(34)33(22)14-16-3-6-17(27)11-21(16)28/h3-12,32H,13-14H2,1-2H3. The number of hydrogen-bond acceptors (Lipinski definition) is 6. The highest BCUT2D eigenvalue weighted by Gasteiger charge is 2.36. The molecule has 0 saturated heterocycles. The highest BCUT2D eigenvalue weighted by molar-refractivity contribution is 7.90. The van der Waals surface area contributed by atoms with Gasteiger partial charge >= 0.3 is 6.18 Å². The number of sulfonamides is 1. The van der Waals surface area contributed by atoms with Crippen molar-refractivity contribution in [3.63, 3.8) is 0 Å². The summed E-state index contributed by atoms with van der Waals surface area (Å²) in [5.74, 6) is -1.93. The van der Waals surface area contributed by atoms with Crippen LogP contribution in [0.3, 0.4) is 0 Å². The van der Waals surface area contributed by atoms with Crippen LogP contribution in [0.4, 0.5) is 22.0 Å². The molecule has 4 rings (SSSR count). The number of nitrogens with one attached hydrogen (secondary N) is 1. The molecule has 218 valence electrons. The summed E-state index contributed by atoms with van der Waals surface area (Å²) in [6.45, 7) is -1.55. The van der Waals surface area contributed by atoms with Gasteiger partial charge in [-0.3, -0.25) is 4.79 Å². The van der Waals surface area contributed by atoms with Crippen molar-refractivity contribution in [3.05, 3.63) is 99.3 Å². The predicted molar refractivity (Wildman–Crippen MR) is 145 cm³/mol. The van der Waals surface area contributed by atoms with Gasteiger partial charge in [-0.05, 0) is 42.0 Å². The van der Waals surface area contributed by atoms with E-state index in [0.29, 0.717) is 22.6 Å². The second-order valence-electron chi connectivity index (χ2n) is 9.10. The molecule has 2 heterocycles. The van der Waals surface area contributed by atoms with Crippen molar-refractivity contribution in [1.29, 1.82) is 0 Å². The van der Waals surface area contributed by atoms with Gasteiger partial charge in [0.2, 0.25) is 10.0 Å². The molecule has 0 aliphatic rings. The first-order valence-electron chi connectivity index (χ1n) is 11.6. The number of nitrogens with zero attached hydrogens (tertiary/aromatic N) is 1. The number of sulfone groups is 1. The molecule has 0 aliphatic heterocycles. The largest absolute Gasteiger partial charge is 0.417 e. The molecule has 4 aromatic rings. The Balaban J connectivity index is 1.92. The lowest BCUT2D eigenvalue weighted by atomic mass is 10.1. The van der Waals surface area contributed by atoms with E-state index in [-0.39, 0.29) is 21.0 Å². The quantitative estimate of drug-likeness (QED) is 0.274. The van der Waals surface area contributed by atoms with Gasteiger partial charge in [0.15, 0.2) is 9.84 Å². The molecule has 0 bridgehead atoms. The van der Waals surface area contributed by atoms with E-state index >= 15 is 0 Å². The van der Waals surface area contributed by atoms with E-state index in [0.717, 1.165) is 40.5 Å². The summed E-state index contributed by atoms with van der Waals surface area (Å²) in [7, 11) is -7.45. The number of alkyl halides is 3. The molecule has 0 atom stereocenters. The molecule has 0 saturated carbocycles. The molecule has 41 heavy (non-hydrogen) atoms. The number of thiophene rings is 1. The van der Waals surface area contributed by atoms with Crippen LogP contribution in [0.15, 0.2) is 70.4 Å². The molecule has 1 N–H and O–H groups in total. The summed E-state index contributed by atoms with van der Waals surface area (Å²) in [4.78, 5) is 14.3. The Morgan fingerprint density at radius 2 is 1.51 bits per heavy atom. The molecule has 0 aliphatic carbocycles. The fraction of sp³-hybridized carbons (Fsp3) is 0.192. The lowest BCUT2D eigenvalue weighted by Gasteiger charge is -2.19. The van der Waals surface area contributed by atoms with Crippen molar-refractivity contribution in [2.75, 3.05) is 12.5 Å². The molecule has 0 spiro atoms. The monoisotopic (exact) mass is 632 g/mol. The summed E-state index contributed by atoms with van der Waals surface area (Å²) in [5, 5.41) is 0. The number of aromatic nitrogens is 1. The van der Waals surface area contributed by atoms with Gasteiger partial charge < -0.3 is 4.57 Å². The highest BCUT2D eigenvalue weighted by Crippen LogP contribution is 2.38. The van der Waals surface area contributed by atoms with Crippen LogP contribution in [-0.4, -0.2) is 33.9 Å². The number of halogens is 5. The number of rotatable bonds is 8. The topological polar surface area (TPSA) is 102 Å². The van der Waals surface area contributed by atoms with E-state index in [1.54, 1.807) is 6.07 Å². The van der Waals surface area contributed by atoms with E-state index in [4.69, 9.17) is 0 Å². The molecule has 0 radical (unpaired) electrons. The van der Waals surface area contributed by atoms with E-state index in [1.165, 1.54) is 30.3 Å². The van der Waals surface area contributed by atoms with Gasteiger partial charge in [0.1, 0.15) is 11.6 Å². The third kappa shape index (κ3) is 7.09. The zero-order valence-corrected chi connectivity index (χ0v) is 23.7. The summed E-state index contributed by atoms with van der Waals surface area (Å²) in [6, 6.07) is 12.1. The van der Waals surface area contributed by atoms with Crippen LogP contribution in [0, 0.1) is 11.6 Å². The smallest absolute Gasteiger partial charge is 0.303 e. The van der Waals surface area contributed by atoms with Gasteiger partial charge in [-0.2, -0.15) is 13.2 Å². The van der Waals surface area contributed by atoms with Crippen LogP contribution in [0.1, 0.15) is 16.7 Å². The van der Waals surface area contributed by atoms with Crippen LogP contribution in [0.25, 0.3) is 21.0 Å². The Hall–Kier alpha value is -3.40. The SMILES string of the molecule is CS(=O)(=O)NCc1c(C(F)(F)F)cc(-c2ccc(-c3ccc(S(C)(=O)=O)cc3)s2)n(Cc2ccc(F)cc2F)c1=O. The van der Waals surface area contributed by atoms with E-state index in [1.807, 2.05) is 4.72 Å². The lowest BCUT2D eigenvalue weighted by molar-refractivity contribution is -0.138. The van der Waals surface area contributed by atoms with Gasteiger partial charge in [-0.25, -0.2) is 30.3 Å².